The molecule has 1 aliphatic heterocycles. The van der Waals surface area contributed by atoms with Crippen molar-refractivity contribution in [3.05, 3.63) is 60.4 Å². The molecule has 1 heterocycles. The van der Waals surface area contributed by atoms with E-state index in [1.54, 1.807) is 29.2 Å². The zero-order valence-corrected chi connectivity index (χ0v) is 15.0. The number of nitrogens with one attached hydrogen (secondary N) is 1. The fourth-order valence-corrected chi connectivity index (χ4v) is 3.77. The van der Waals surface area contributed by atoms with Crippen LogP contribution in [0, 0.1) is 5.82 Å². The summed E-state index contributed by atoms with van der Waals surface area (Å²) in [4.78, 5) is 30.8. The number of amidine groups is 1. The van der Waals surface area contributed by atoms with Crippen molar-refractivity contribution >= 4 is 40.1 Å². The Balaban J connectivity index is 1.70. The first-order valence-electron chi connectivity index (χ1n) is 8.24. The van der Waals surface area contributed by atoms with E-state index < -0.39 is 5.25 Å². The predicted octanol–water partition coefficient (Wildman–Crippen LogP) is 3.81. The van der Waals surface area contributed by atoms with Crippen LogP contribution in [0.25, 0.3) is 0 Å². The first-order chi connectivity index (χ1) is 12.6. The van der Waals surface area contributed by atoms with Crippen molar-refractivity contribution in [1.82, 2.24) is 4.90 Å². The summed E-state index contributed by atoms with van der Waals surface area (Å²) in [5.41, 5.74) is 1.26. The first-order valence-corrected chi connectivity index (χ1v) is 9.12. The maximum atomic E-state index is 13.0. The molecule has 0 radical (unpaired) electrons. The normalized spacial score (nSPS) is 18.4. The highest BCUT2D eigenvalue weighted by molar-refractivity contribution is 8.15. The molecule has 1 aliphatic rings. The van der Waals surface area contributed by atoms with E-state index >= 15 is 0 Å². The van der Waals surface area contributed by atoms with Crippen LogP contribution in [0.15, 0.2) is 59.6 Å². The molecular weight excluding hydrogens is 353 g/mol. The van der Waals surface area contributed by atoms with Gasteiger partial charge in [-0.1, -0.05) is 30.0 Å². The fourth-order valence-electron chi connectivity index (χ4n) is 2.54. The van der Waals surface area contributed by atoms with Gasteiger partial charge in [0.15, 0.2) is 5.17 Å². The second-order valence-electron chi connectivity index (χ2n) is 5.68. The molecule has 1 saturated heterocycles. The minimum atomic E-state index is -0.516. The number of carbonyl (C=O) groups is 2. The lowest BCUT2D eigenvalue weighted by molar-refractivity contribution is -0.128. The lowest BCUT2D eigenvalue weighted by Crippen LogP contribution is -2.33. The predicted molar refractivity (Wildman–Crippen MR) is 102 cm³/mol. The van der Waals surface area contributed by atoms with Crippen molar-refractivity contribution in [3.8, 4) is 0 Å². The van der Waals surface area contributed by atoms with Crippen molar-refractivity contribution < 1.29 is 14.0 Å². The number of para-hydroxylation sites is 1. The molecule has 2 aromatic rings. The van der Waals surface area contributed by atoms with Crippen LogP contribution in [-0.4, -0.2) is 33.7 Å². The Hall–Kier alpha value is -2.67. The van der Waals surface area contributed by atoms with Crippen molar-refractivity contribution in [2.45, 2.75) is 18.6 Å². The minimum absolute atomic E-state index is 0.0668. The Morgan fingerprint density at radius 3 is 2.54 bits per heavy atom. The summed E-state index contributed by atoms with van der Waals surface area (Å²) in [6, 6.07) is 14.9. The maximum absolute atomic E-state index is 13.0. The van der Waals surface area contributed by atoms with E-state index in [1.165, 1.54) is 23.9 Å². The molecule has 3 rings (SSSR count). The average molecular weight is 371 g/mol. The van der Waals surface area contributed by atoms with Gasteiger partial charge in [0.05, 0.1) is 5.69 Å². The number of anilines is 1. The van der Waals surface area contributed by atoms with Gasteiger partial charge in [-0.05, 0) is 43.3 Å². The second kappa shape index (κ2) is 8.14. The molecule has 2 amide bonds. The molecular formula is C19H18FN3O2S. The number of halogens is 1. The van der Waals surface area contributed by atoms with Gasteiger partial charge in [0.25, 0.3) is 0 Å². The number of hydrogen-bond acceptors (Lipinski definition) is 4. The fraction of sp³-hybridized carbons (Fsp3) is 0.211. The summed E-state index contributed by atoms with van der Waals surface area (Å²) >= 11 is 1.26. The third kappa shape index (κ3) is 4.29. The Labute approximate surface area is 155 Å². The van der Waals surface area contributed by atoms with Gasteiger partial charge in [-0.3, -0.25) is 14.5 Å². The molecule has 7 heteroatoms. The van der Waals surface area contributed by atoms with Crippen LogP contribution in [0.2, 0.25) is 0 Å². The minimum Gasteiger partial charge on any atom is -0.326 e. The van der Waals surface area contributed by atoms with Crippen LogP contribution in [0.4, 0.5) is 15.8 Å². The SMILES string of the molecule is CCN1C(=O)[C@H](CC(=O)Nc2ccccc2)SC1=Nc1ccc(F)cc1. The summed E-state index contributed by atoms with van der Waals surface area (Å²) in [5, 5.41) is 2.80. The summed E-state index contributed by atoms with van der Waals surface area (Å²) in [6.45, 7) is 2.31. The van der Waals surface area contributed by atoms with Gasteiger partial charge < -0.3 is 5.32 Å². The van der Waals surface area contributed by atoms with Gasteiger partial charge in [-0.25, -0.2) is 9.38 Å². The second-order valence-corrected chi connectivity index (χ2v) is 6.85. The molecule has 5 nitrogen and oxygen atoms in total. The average Bonchev–Trinajstić information content (AvgIpc) is 2.92. The molecule has 2 aromatic carbocycles. The zero-order valence-electron chi connectivity index (χ0n) is 14.2. The number of thioether (sulfide) groups is 1. The molecule has 0 spiro atoms. The van der Waals surface area contributed by atoms with Gasteiger partial charge in [0.1, 0.15) is 11.1 Å². The number of nitrogens with zero attached hydrogens (tertiary/aromatic N) is 2. The lowest BCUT2D eigenvalue weighted by atomic mass is 10.2. The Bertz CT molecular complexity index is 824. The highest BCUT2D eigenvalue weighted by Gasteiger charge is 2.38. The topological polar surface area (TPSA) is 61.8 Å². The van der Waals surface area contributed by atoms with Crippen LogP contribution in [0.1, 0.15) is 13.3 Å². The third-order valence-electron chi connectivity index (χ3n) is 3.82. The van der Waals surface area contributed by atoms with Gasteiger partial charge in [0.2, 0.25) is 11.8 Å². The molecule has 0 saturated carbocycles. The van der Waals surface area contributed by atoms with E-state index in [1.807, 2.05) is 25.1 Å². The van der Waals surface area contributed by atoms with Gasteiger partial charge >= 0.3 is 0 Å². The Morgan fingerprint density at radius 2 is 1.88 bits per heavy atom. The number of carbonyl (C=O) groups excluding carboxylic acids is 2. The van der Waals surface area contributed by atoms with E-state index in [2.05, 4.69) is 10.3 Å². The monoisotopic (exact) mass is 371 g/mol. The third-order valence-corrected chi connectivity index (χ3v) is 4.99. The number of hydrogen-bond donors (Lipinski definition) is 1. The summed E-state index contributed by atoms with van der Waals surface area (Å²) in [7, 11) is 0. The molecule has 0 unspecified atom stereocenters. The molecule has 1 atom stereocenters. The van der Waals surface area contributed by atoms with Gasteiger partial charge in [-0.15, -0.1) is 0 Å². The van der Waals surface area contributed by atoms with Crippen LogP contribution in [-0.2, 0) is 9.59 Å². The van der Waals surface area contributed by atoms with Crippen molar-refractivity contribution in [2.75, 3.05) is 11.9 Å². The zero-order chi connectivity index (χ0) is 18.5. The van der Waals surface area contributed by atoms with Crippen LogP contribution >= 0.6 is 11.8 Å². The summed E-state index contributed by atoms with van der Waals surface area (Å²) in [6.07, 6.45) is 0.0668. The largest absolute Gasteiger partial charge is 0.326 e. The maximum Gasteiger partial charge on any atom is 0.242 e. The van der Waals surface area contributed by atoms with Crippen molar-refractivity contribution in [1.29, 1.82) is 0 Å². The molecule has 0 bridgehead atoms. The van der Waals surface area contributed by atoms with E-state index in [-0.39, 0.29) is 24.1 Å². The quantitative estimate of drug-likeness (QED) is 0.869. The van der Waals surface area contributed by atoms with Crippen molar-refractivity contribution in [2.24, 2.45) is 4.99 Å². The number of amides is 2. The standard InChI is InChI=1S/C19H18FN3O2S/c1-2-23-18(25)16(12-17(24)21-14-6-4-3-5-7-14)26-19(23)22-15-10-8-13(20)9-11-15/h3-11,16H,2,12H2,1H3,(H,21,24)/t16-/m0/s1. The Kier molecular flexibility index (Phi) is 5.68. The first kappa shape index (κ1) is 18.1. The highest BCUT2D eigenvalue weighted by atomic mass is 32.2. The Morgan fingerprint density at radius 1 is 1.19 bits per heavy atom. The van der Waals surface area contributed by atoms with E-state index in [4.69, 9.17) is 0 Å². The van der Waals surface area contributed by atoms with E-state index in [0.29, 0.717) is 23.1 Å². The molecule has 26 heavy (non-hydrogen) atoms. The van der Waals surface area contributed by atoms with Crippen LogP contribution in [0.3, 0.4) is 0 Å². The number of benzene rings is 2. The van der Waals surface area contributed by atoms with E-state index in [0.717, 1.165) is 0 Å². The molecule has 134 valence electrons. The number of aliphatic imine (C=N–C) groups is 1. The van der Waals surface area contributed by atoms with Gasteiger partial charge in [-0.2, -0.15) is 0 Å². The summed E-state index contributed by atoms with van der Waals surface area (Å²) < 4.78 is 13.0. The molecule has 1 N–H and O–H groups in total. The molecule has 1 fully saturated rings. The molecule has 0 aliphatic carbocycles. The van der Waals surface area contributed by atoms with Crippen LogP contribution < -0.4 is 5.32 Å². The number of rotatable bonds is 5. The van der Waals surface area contributed by atoms with Crippen molar-refractivity contribution in [3.63, 3.8) is 0 Å². The molecule has 0 aromatic heterocycles. The van der Waals surface area contributed by atoms with Gasteiger partial charge in [0, 0.05) is 18.7 Å². The smallest absolute Gasteiger partial charge is 0.242 e. The highest BCUT2D eigenvalue weighted by Crippen LogP contribution is 2.31. The van der Waals surface area contributed by atoms with E-state index in [9.17, 15) is 14.0 Å². The van der Waals surface area contributed by atoms with Crippen LogP contribution in [0.5, 0.6) is 0 Å². The lowest BCUT2D eigenvalue weighted by Gasteiger charge is -2.13. The summed E-state index contributed by atoms with van der Waals surface area (Å²) in [5.74, 6) is -0.699.